The summed E-state index contributed by atoms with van der Waals surface area (Å²) in [7, 11) is 3.52. The largest absolute Gasteiger partial charge is 0.435 e. The van der Waals surface area contributed by atoms with Crippen LogP contribution in [-0.4, -0.2) is 74.3 Å². The molecule has 1 aromatic carbocycles. The monoisotopic (exact) mass is 373 g/mol. The molecule has 1 aliphatic heterocycles. The highest BCUT2D eigenvalue weighted by Crippen LogP contribution is 2.18. The van der Waals surface area contributed by atoms with Crippen LogP contribution in [0.3, 0.4) is 0 Å². The maximum absolute atomic E-state index is 12.1. The van der Waals surface area contributed by atoms with E-state index in [1.54, 1.807) is 31.1 Å². The van der Waals surface area contributed by atoms with E-state index < -0.39 is 6.61 Å². The summed E-state index contributed by atoms with van der Waals surface area (Å²) in [5, 5.41) is 3.68. The molecule has 1 heterocycles. The Hall–Kier alpha value is -2.00. The molecule has 1 fully saturated rings. The molecule has 2 rings (SSSR count). The molecule has 25 heavy (non-hydrogen) atoms. The van der Waals surface area contributed by atoms with E-state index >= 15 is 0 Å². The lowest BCUT2D eigenvalue weighted by Gasteiger charge is -2.33. The maximum Gasteiger partial charge on any atom is 0.387 e. The molecule has 1 aliphatic rings. The van der Waals surface area contributed by atoms with Crippen molar-refractivity contribution >= 4 is 28.9 Å². The number of rotatable bonds is 5. The molecule has 2 N–H and O–H groups in total. The first-order chi connectivity index (χ1) is 11.8. The van der Waals surface area contributed by atoms with Crippen molar-refractivity contribution in [3.63, 3.8) is 0 Å². The zero-order valence-corrected chi connectivity index (χ0v) is 15.1. The van der Waals surface area contributed by atoms with Crippen LogP contribution in [0.2, 0.25) is 0 Å². The number of ether oxygens (including phenoxy) is 1. The van der Waals surface area contributed by atoms with Gasteiger partial charge in [0.25, 0.3) is 5.91 Å². The highest BCUT2D eigenvalue weighted by atomic mass is 32.1. The quantitative estimate of drug-likeness (QED) is 0.726. The number of halogens is 2. The van der Waals surface area contributed by atoms with Crippen LogP contribution in [0.5, 0.6) is 5.75 Å². The van der Waals surface area contributed by atoms with E-state index in [1.165, 1.54) is 17.0 Å². The van der Waals surface area contributed by atoms with Gasteiger partial charge in [0.1, 0.15) is 5.75 Å². The van der Waals surface area contributed by atoms with E-state index in [0.717, 1.165) is 26.2 Å². The first-order valence-corrected chi connectivity index (χ1v) is 8.40. The van der Waals surface area contributed by atoms with Crippen LogP contribution in [0, 0.1) is 0 Å². The summed E-state index contributed by atoms with van der Waals surface area (Å²) in [5.41, 5.74) is 0.712. The van der Waals surface area contributed by atoms with Crippen molar-refractivity contribution in [1.82, 2.24) is 9.80 Å². The van der Waals surface area contributed by atoms with Gasteiger partial charge in [0.2, 0.25) is 0 Å². The van der Waals surface area contributed by atoms with Gasteiger partial charge in [0.15, 0.2) is 11.7 Å². The molecule has 0 atom stereocenters. The minimum absolute atomic E-state index is 0.106. The third-order valence-corrected chi connectivity index (χ3v) is 4.35. The number of quaternary nitrogens is 1. The normalized spacial score (nSPS) is 15.2. The molecular formula is C16H23F2N4O2S+. The molecule has 1 saturated heterocycles. The number of likely N-dealkylation sites (N-methyl/N-ethyl adjacent to an activating group) is 1. The van der Waals surface area contributed by atoms with Crippen molar-refractivity contribution in [2.24, 2.45) is 0 Å². The third kappa shape index (κ3) is 6.09. The number of anilines is 1. The van der Waals surface area contributed by atoms with Gasteiger partial charge in [-0.3, -0.25) is 4.79 Å². The molecule has 0 radical (unpaired) electrons. The minimum atomic E-state index is -2.84. The number of amides is 1. The van der Waals surface area contributed by atoms with E-state index in [-0.39, 0.29) is 11.7 Å². The van der Waals surface area contributed by atoms with Crippen LogP contribution < -0.4 is 15.0 Å². The first-order valence-electron chi connectivity index (χ1n) is 7.99. The second-order valence-electron chi connectivity index (χ2n) is 6.04. The highest BCUT2D eigenvalue weighted by Gasteiger charge is 2.24. The highest BCUT2D eigenvalue weighted by molar-refractivity contribution is 7.80. The number of nitrogens with one attached hydrogen (secondary N) is 2. The van der Waals surface area contributed by atoms with Crippen LogP contribution in [0.4, 0.5) is 14.5 Å². The molecule has 138 valence electrons. The Balaban J connectivity index is 1.79. The number of benzene rings is 1. The van der Waals surface area contributed by atoms with Crippen LogP contribution >= 0.6 is 12.2 Å². The zero-order chi connectivity index (χ0) is 18.4. The predicted molar refractivity (Wildman–Crippen MR) is 95.1 cm³/mol. The molecule has 0 aromatic heterocycles. The molecule has 1 aromatic rings. The Kier molecular flexibility index (Phi) is 6.89. The summed E-state index contributed by atoms with van der Waals surface area (Å²) in [6, 6.07) is 6.21. The topological polar surface area (TPSA) is 49.2 Å². The Morgan fingerprint density at radius 3 is 2.44 bits per heavy atom. The molecule has 0 aliphatic carbocycles. The van der Waals surface area contributed by atoms with Gasteiger partial charge in [0.05, 0.1) is 26.2 Å². The van der Waals surface area contributed by atoms with Crippen LogP contribution in [0.15, 0.2) is 24.3 Å². The number of alkyl halides is 2. The predicted octanol–water partition coefficient (Wildman–Crippen LogP) is 0.274. The van der Waals surface area contributed by atoms with Crippen molar-refractivity contribution in [3.8, 4) is 5.75 Å². The number of hydrogen-bond acceptors (Lipinski definition) is 3. The average Bonchev–Trinajstić information content (AvgIpc) is 2.56. The molecule has 0 saturated carbocycles. The summed E-state index contributed by atoms with van der Waals surface area (Å²) in [4.78, 5) is 16.6. The van der Waals surface area contributed by atoms with E-state index in [0.29, 0.717) is 17.3 Å². The number of piperazine rings is 1. The molecule has 0 spiro atoms. The van der Waals surface area contributed by atoms with E-state index in [4.69, 9.17) is 12.2 Å². The van der Waals surface area contributed by atoms with Gasteiger partial charge in [-0.05, 0) is 36.5 Å². The zero-order valence-electron chi connectivity index (χ0n) is 14.3. The Morgan fingerprint density at radius 2 is 1.92 bits per heavy atom. The maximum atomic E-state index is 12.1. The summed E-state index contributed by atoms with van der Waals surface area (Å²) in [6.45, 7) is 0.846. The third-order valence-electron chi connectivity index (χ3n) is 3.99. The van der Waals surface area contributed by atoms with Crippen molar-refractivity contribution in [2.75, 3.05) is 52.1 Å². The molecular weight excluding hydrogens is 350 g/mol. The van der Waals surface area contributed by atoms with Gasteiger partial charge >= 0.3 is 6.61 Å². The van der Waals surface area contributed by atoms with Crippen molar-refractivity contribution in [2.45, 2.75) is 6.61 Å². The fourth-order valence-electron chi connectivity index (χ4n) is 2.50. The summed E-state index contributed by atoms with van der Waals surface area (Å²) < 4.78 is 28.6. The van der Waals surface area contributed by atoms with E-state index in [9.17, 15) is 13.6 Å². The molecule has 0 unspecified atom stereocenters. The Morgan fingerprint density at radius 1 is 1.32 bits per heavy atom. The van der Waals surface area contributed by atoms with E-state index in [1.807, 2.05) is 4.90 Å². The van der Waals surface area contributed by atoms with Crippen LogP contribution in [0.25, 0.3) is 0 Å². The summed E-state index contributed by atoms with van der Waals surface area (Å²) >= 11 is 5.41. The fraction of sp³-hybridized carbons (Fsp3) is 0.500. The SMILES string of the molecule is CN(C)C(=O)C[NH+]1CCN(C(=S)Nc2ccc(OC(F)F)cc2)CC1. The minimum Gasteiger partial charge on any atom is -0.435 e. The molecule has 6 nitrogen and oxygen atoms in total. The Bertz CT molecular complexity index is 590. The molecule has 1 amide bonds. The van der Waals surface area contributed by atoms with E-state index in [2.05, 4.69) is 10.1 Å². The average molecular weight is 373 g/mol. The number of nitrogens with zero attached hydrogens (tertiary/aromatic N) is 2. The number of carbonyl (C=O) groups is 1. The summed E-state index contributed by atoms with van der Waals surface area (Å²) in [6.07, 6.45) is 0. The van der Waals surface area contributed by atoms with Gasteiger partial charge in [0, 0.05) is 19.8 Å². The number of hydrogen-bond donors (Lipinski definition) is 2. The van der Waals surface area contributed by atoms with Crippen molar-refractivity contribution < 1.29 is 23.2 Å². The van der Waals surface area contributed by atoms with Gasteiger partial charge in [-0.15, -0.1) is 0 Å². The van der Waals surface area contributed by atoms with Gasteiger partial charge in [-0.25, -0.2) is 0 Å². The fourth-order valence-corrected chi connectivity index (χ4v) is 2.80. The lowest BCUT2D eigenvalue weighted by atomic mass is 10.3. The number of thiocarbonyl (C=S) groups is 1. The molecule has 0 bridgehead atoms. The lowest BCUT2D eigenvalue weighted by Crippen LogP contribution is -3.15. The standard InChI is InChI=1S/C16H22F2N4O2S/c1-20(2)14(23)11-21-7-9-22(10-8-21)16(25)19-12-3-5-13(6-4-12)24-15(17)18/h3-6,15H,7-11H2,1-2H3,(H,19,25)/p+1. The molecule has 9 heteroatoms. The lowest BCUT2D eigenvalue weighted by molar-refractivity contribution is -0.896. The van der Waals surface area contributed by atoms with Gasteiger partial charge in [-0.2, -0.15) is 8.78 Å². The van der Waals surface area contributed by atoms with Crippen LogP contribution in [0.1, 0.15) is 0 Å². The first kappa shape index (κ1) is 19.3. The second kappa shape index (κ2) is 8.91. The number of carbonyl (C=O) groups excluding carboxylic acids is 1. The van der Waals surface area contributed by atoms with Crippen molar-refractivity contribution in [1.29, 1.82) is 0 Å². The van der Waals surface area contributed by atoms with Gasteiger partial charge in [-0.1, -0.05) is 0 Å². The smallest absolute Gasteiger partial charge is 0.387 e. The Labute approximate surface area is 151 Å². The van der Waals surface area contributed by atoms with Crippen molar-refractivity contribution in [3.05, 3.63) is 24.3 Å². The summed E-state index contributed by atoms with van der Waals surface area (Å²) in [5.74, 6) is 0.226. The van der Waals surface area contributed by atoms with Crippen LogP contribution in [-0.2, 0) is 4.79 Å². The second-order valence-corrected chi connectivity index (χ2v) is 6.42. The van der Waals surface area contributed by atoms with Gasteiger partial charge < -0.3 is 24.8 Å².